The average Bonchev–Trinajstić information content (AvgIpc) is 2.98. The third-order valence-corrected chi connectivity index (χ3v) is 6.48. The van der Waals surface area contributed by atoms with Gasteiger partial charge in [-0.3, -0.25) is 0 Å². The van der Waals surface area contributed by atoms with Crippen LogP contribution in [0, 0.1) is 0 Å². The van der Waals surface area contributed by atoms with Gasteiger partial charge in [-0.1, -0.05) is 33.1 Å². The Hall–Kier alpha value is -4.34. The van der Waals surface area contributed by atoms with Gasteiger partial charge in [0.2, 0.25) is 23.0 Å². The Morgan fingerprint density at radius 2 is 0.933 bits per heavy atom. The first-order valence-electron chi connectivity index (χ1n) is 15.3. The molecule has 0 aliphatic rings. The van der Waals surface area contributed by atoms with Crippen LogP contribution in [0.5, 0.6) is 46.0 Å². The van der Waals surface area contributed by atoms with Crippen molar-refractivity contribution in [1.82, 2.24) is 0 Å². The number of carbonyl (C=O) groups excluding carboxylic acids is 2. The van der Waals surface area contributed by atoms with E-state index in [2.05, 4.69) is 13.2 Å². The van der Waals surface area contributed by atoms with E-state index in [-0.39, 0.29) is 72.9 Å². The second-order valence-electron chi connectivity index (χ2n) is 10.4. The van der Waals surface area contributed by atoms with Gasteiger partial charge in [-0.25, -0.2) is 9.59 Å². The highest BCUT2D eigenvalue weighted by atomic mass is 16.6. The summed E-state index contributed by atoms with van der Waals surface area (Å²) in [6.07, 6.45) is 0. The van der Waals surface area contributed by atoms with E-state index in [0.717, 1.165) is 0 Å². The molecule has 0 atom stereocenters. The van der Waals surface area contributed by atoms with Crippen LogP contribution in [0.4, 0.5) is 0 Å². The molecule has 0 aliphatic heterocycles. The summed E-state index contributed by atoms with van der Waals surface area (Å²) in [4.78, 5) is 25.3. The minimum atomic E-state index is -0.961. The molecule has 0 N–H and O–H groups in total. The first-order valence-corrected chi connectivity index (χ1v) is 15.3. The summed E-state index contributed by atoms with van der Waals surface area (Å²) in [6, 6.07) is 3.46. The van der Waals surface area contributed by atoms with E-state index in [1.807, 2.05) is 55.4 Å². The molecule has 0 spiro atoms. The first kappa shape index (κ1) is 36.8. The zero-order chi connectivity index (χ0) is 33.9. The Morgan fingerprint density at radius 1 is 0.556 bits per heavy atom. The number of hydrogen-bond donors (Lipinski definition) is 0. The fourth-order valence-corrected chi connectivity index (χ4v) is 4.60. The molecule has 0 radical (unpaired) electrons. The first-order chi connectivity index (χ1) is 21.3. The maximum absolute atomic E-state index is 12.8. The van der Waals surface area contributed by atoms with Crippen LogP contribution in [-0.2, 0) is 15.0 Å². The Morgan fingerprint density at radius 3 is 1.36 bits per heavy atom. The van der Waals surface area contributed by atoms with E-state index in [1.165, 1.54) is 0 Å². The lowest BCUT2D eigenvalue weighted by molar-refractivity contribution is -0.131. The molecule has 2 aromatic rings. The van der Waals surface area contributed by atoms with E-state index >= 15 is 0 Å². The number of hydrogen-bond acceptors (Lipinski definition) is 10. The Balaban J connectivity index is 3.16. The Labute approximate surface area is 267 Å². The van der Waals surface area contributed by atoms with Crippen LogP contribution >= 0.6 is 0 Å². The smallest absolute Gasteiger partial charge is 0.338 e. The summed E-state index contributed by atoms with van der Waals surface area (Å²) < 4.78 is 48.5. The molecule has 0 fully saturated rings. The molecule has 10 heteroatoms. The quantitative estimate of drug-likeness (QED) is 0.0943. The van der Waals surface area contributed by atoms with Crippen LogP contribution in [0.1, 0.15) is 80.4 Å². The van der Waals surface area contributed by atoms with Crippen LogP contribution in [0.3, 0.4) is 0 Å². The number of rotatable bonds is 18. The van der Waals surface area contributed by atoms with Gasteiger partial charge < -0.3 is 37.9 Å². The Kier molecular flexibility index (Phi) is 13.6. The highest BCUT2D eigenvalue weighted by molar-refractivity contribution is 5.91. The van der Waals surface area contributed by atoms with Gasteiger partial charge in [0.05, 0.1) is 45.2 Å². The summed E-state index contributed by atoms with van der Waals surface area (Å²) in [7, 11) is 0. The number of esters is 2. The molecular weight excluding hydrogens is 580 g/mol. The van der Waals surface area contributed by atoms with E-state index < -0.39 is 17.4 Å². The van der Waals surface area contributed by atoms with E-state index in [9.17, 15) is 9.59 Å². The Bertz CT molecular complexity index is 1350. The molecule has 0 aromatic heterocycles. The summed E-state index contributed by atoms with van der Waals surface area (Å²) in [5.74, 6) is 0.567. The molecule has 0 unspecified atom stereocenters. The molecule has 2 aromatic carbocycles. The fourth-order valence-electron chi connectivity index (χ4n) is 4.60. The van der Waals surface area contributed by atoms with Crippen molar-refractivity contribution in [3.63, 3.8) is 0 Å². The molecule has 0 heterocycles. The van der Waals surface area contributed by atoms with Gasteiger partial charge in [0.25, 0.3) is 0 Å². The van der Waals surface area contributed by atoms with Crippen LogP contribution in [-0.4, -0.2) is 51.6 Å². The number of ether oxygens (including phenoxy) is 8. The van der Waals surface area contributed by atoms with Crippen molar-refractivity contribution in [2.75, 3.05) is 39.6 Å². The molecular formula is C35H48O10. The minimum Gasteiger partial charge on any atom is -0.490 e. The van der Waals surface area contributed by atoms with E-state index in [1.54, 1.807) is 26.0 Å². The van der Waals surface area contributed by atoms with Crippen molar-refractivity contribution in [3.05, 3.63) is 47.6 Å². The van der Waals surface area contributed by atoms with E-state index in [0.29, 0.717) is 35.0 Å². The van der Waals surface area contributed by atoms with Crippen LogP contribution in [0.15, 0.2) is 36.4 Å². The second kappa shape index (κ2) is 16.7. The van der Waals surface area contributed by atoms with Gasteiger partial charge in [0, 0.05) is 22.1 Å². The molecule has 45 heavy (non-hydrogen) atoms. The van der Waals surface area contributed by atoms with Crippen LogP contribution in [0.2, 0.25) is 0 Å². The lowest BCUT2D eigenvalue weighted by atomic mass is 9.76. The molecule has 0 bridgehead atoms. The van der Waals surface area contributed by atoms with Crippen molar-refractivity contribution in [2.24, 2.45) is 0 Å². The van der Waals surface area contributed by atoms with Crippen LogP contribution < -0.4 is 37.9 Å². The monoisotopic (exact) mass is 628 g/mol. The lowest BCUT2D eigenvalue weighted by Gasteiger charge is -2.34. The lowest BCUT2D eigenvalue weighted by Crippen LogP contribution is -2.25. The van der Waals surface area contributed by atoms with E-state index in [4.69, 9.17) is 37.9 Å². The predicted molar refractivity (Wildman–Crippen MR) is 173 cm³/mol. The second-order valence-corrected chi connectivity index (χ2v) is 10.4. The van der Waals surface area contributed by atoms with Crippen molar-refractivity contribution < 1.29 is 47.5 Å². The topological polar surface area (TPSA) is 108 Å². The minimum absolute atomic E-state index is 0.0280. The number of carbonyl (C=O) groups is 2. The van der Waals surface area contributed by atoms with Gasteiger partial charge >= 0.3 is 11.9 Å². The average molecular weight is 629 g/mol. The third kappa shape index (κ3) is 8.23. The molecule has 0 saturated heterocycles. The van der Waals surface area contributed by atoms with Crippen molar-refractivity contribution in [3.8, 4) is 46.0 Å². The fraction of sp³-hybridized carbons (Fsp3) is 0.486. The molecule has 248 valence electrons. The molecule has 10 nitrogen and oxygen atoms in total. The normalized spacial score (nSPS) is 10.9. The van der Waals surface area contributed by atoms with Crippen molar-refractivity contribution in [2.45, 2.75) is 74.7 Å². The summed E-state index contributed by atoms with van der Waals surface area (Å²) in [5.41, 5.74) is 0.695. The SMILES string of the molecule is C=C(C)C(=O)Oc1ccc(C(C)(C)c2c(OCC)c(OCC)c(OC(=O)C(=C)C)c(OCC)c2OCC)c(OCC)c1OCC. The molecule has 0 amide bonds. The molecule has 0 aliphatic carbocycles. The van der Waals surface area contributed by atoms with Crippen molar-refractivity contribution >= 4 is 11.9 Å². The van der Waals surface area contributed by atoms with Gasteiger partial charge in [0.1, 0.15) is 0 Å². The zero-order valence-corrected chi connectivity index (χ0v) is 28.4. The standard InChI is InChI=1S/C35H48O10/c1-13-38-26-23(19-20-24(27(26)39-14-2)44-33(36)21(7)8)35(11,12)25-28(40-15-3)30(42-17-5)32(45-34(37)22(9)10)31(43-18-6)29(25)41-16-4/h19-20H,7,9,13-18H2,1-6,8,10-12H3. The largest absolute Gasteiger partial charge is 0.490 e. The van der Waals surface area contributed by atoms with Gasteiger partial charge in [-0.05, 0) is 61.5 Å². The van der Waals surface area contributed by atoms with Crippen LogP contribution in [0.25, 0.3) is 0 Å². The predicted octanol–water partition coefficient (Wildman–Crippen LogP) is 7.37. The summed E-state index contributed by atoms with van der Waals surface area (Å²) in [5, 5.41) is 0. The summed E-state index contributed by atoms with van der Waals surface area (Å²) >= 11 is 0. The summed E-state index contributed by atoms with van der Waals surface area (Å²) in [6.45, 7) is 27.0. The third-order valence-electron chi connectivity index (χ3n) is 6.48. The van der Waals surface area contributed by atoms with Gasteiger partial charge in [-0.15, -0.1) is 0 Å². The highest BCUT2D eigenvalue weighted by Gasteiger charge is 2.41. The number of benzene rings is 2. The molecule has 0 saturated carbocycles. The maximum atomic E-state index is 12.8. The zero-order valence-electron chi connectivity index (χ0n) is 28.4. The van der Waals surface area contributed by atoms with Crippen molar-refractivity contribution in [1.29, 1.82) is 0 Å². The van der Waals surface area contributed by atoms with Gasteiger partial charge in [0.15, 0.2) is 23.0 Å². The maximum Gasteiger partial charge on any atom is 0.338 e. The molecule has 2 rings (SSSR count). The van der Waals surface area contributed by atoms with Gasteiger partial charge in [-0.2, -0.15) is 0 Å². The highest BCUT2D eigenvalue weighted by Crippen LogP contribution is 2.60.